The van der Waals surface area contributed by atoms with Crippen molar-refractivity contribution >= 4 is 41.5 Å². The van der Waals surface area contributed by atoms with Gasteiger partial charge in [0.2, 0.25) is 11.8 Å². The Balaban J connectivity index is 0.00000312. The summed E-state index contributed by atoms with van der Waals surface area (Å²) in [6.07, 6.45) is 4.37. The zero-order chi connectivity index (χ0) is 17.5. The largest absolute Gasteiger partial charge is 0.333 e. The van der Waals surface area contributed by atoms with E-state index in [2.05, 4.69) is 5.32 Å². The Labute approximate surface area is 160 Å². The Bertz CT molecular complexity index is 566. The van der Waals surface area contributed by atoms with Crippen LogP contribution in [-0.2, 0) is 9.59 Å². The lowest BCUT2D eigenvalue weighted by Gasteiger charge is -2.31. The molecule has 1 aliphatic carbocycles. The van der Waals surface area contributed by atoms with Crippen LogP contribution < -0.4 is 11.1 Å². The lowest BCUT2D eigenvalue weighted by Crippen LogP contribution is -2.44. The molecule has 0 aromatic heterocycles. The number of rotatable bonds is 6. The fraction of sp³-hybridized carbons (Fsp3) is 0.556. The van der Waals surface area contributed by atoms with Crippen LogP contribution in [0.1, 0.15) is 39.0 Å². The predicted octanol–water partition coefficient (Wildman–Crippen LogP) is 3.46. The van der Waals surface area contributed by atoms with E-state index in [-0.39, 0.29) is 42.7 Å². The van der Waals surface area contributed by atoms with Gasteiger partial charge in [-0.1, -0.05) is 24.9 Å². The second-order valence-corrected chi connectivity index (χ2v) is 6.87. The molecule has 0 spiro atoms. The monoisotopic (exact) mass is 387 g/mol. The molecule has 2 amide bonds. The van der Waals surface area contributed by atoms with Gasteiger partial charge in [0.25, 0.3) is 0 Å². The van der Waals surface area contributed by atoms with Crippen molar-refractivity contribution in [3.63, 3.8) is 0 Å². The minimum Gasteiger partial charge on any atom is -0.333 e. The Morgan fingerprint density at radius 3 is 2.56 bits per heavy atom. The smallest absolute Gasteiger partial charge is 0.243 e. The van der Waals surface area contributed by atoms with Gasteiger partial charge in [-0.2, -0.15) is 0 Å². The Kier molecular flexibility index (Phi) is 9.25. The maximum absolute atomic E-state index is 12.7. The van der Waals surface area contributed by atoms with E-state index in [4.69, 9.17) is 17.3 Å². The number of nitrogens with one attached hydrogen (secondary N) is 1. The van der Waals surface area contributed by atoms with E-state index in [0.29, 0.717) is 17.3 Å². The van der Waals surface area contributed by atoms with Gasteiger partial charge in [-0.25, -0.2) is 0 Å². The van der Waals surface area contributed by atoms with Crippen molar-refractivity contribution in [2.45, 2.75) is 45.1 Å². The van der Waals surface area contributed by atoms with E-state index in [1.807, 2.05) is 6.92 Å². The Morgan fingerprint density at radius 2 is 1.96 bits per heavy atom. The van der Waals surface area contributed by atoms with Gasteiger partial charge < -0.3 is 16.0 Å². The first-order chi connectivity index (χ1) is 11.5. The number of amides is 2. The summed E-state index contributed by atoms with van der Waals surface area (Å²) >= 11 is 5.84. The first-order valence-corrected chi connectivity index (χ1v) is 8.97. The SMILES string of the molecule is CCCN(CC(=O)Nc1ccc(Cl)cc1)C(=O)C1CCCC(N)C1.Cl. The summed E-state index contributed by atoms with van der Waals surface area (Å²) < 4.78 is 0. The molecule has 2 unspecified atom stereocenters. The van der Waals surface area contributed by atoms with Crippen molar-refractivity contribution in [3.05, 3.63) is 29.3 Å². The number of nitrogens with two attached hydrogens (primary N) is 1. The number of benzene rings is 1. The van der Waals surface area contributed by atoms with Crippen molar-refractivity contribution in [3.8, 4) is 0 Å². The average Bonchev–Trinajstić information content (AvgIpc) is 2.56. The first-order valence-electron chi connectivity index (χ1n) is 8.59. The molecule has 1 aromatic carbocycles. The maximum atomic E-state index is 12.7. The molecule has 0 radical (unpaired) electrons. The molecule has 2 rings (SSSR count). The van der Waals surface area contributed by atoms with Gasteiger partial charge in [-0.15, -0.1) is 12.4 Å². The summed E-state index contributed by atoms with van der Waals surface area (Å²) in [5.41, 5.74) is 6.67. The van der Waals surface area contributed by atoms with Crippen LogP contribution in [0.15, 0.2) is 24.3 Å². The fourth-order valence-corrected chi connectivity index (χ4v) is 3.28. The third-order valence-corrected chi connectivity index (χ3v) is 4.58. The molecular formula is C18H27Cl2N3O2. The number of anilines is 1. The van der Waals surface area contributed by atoms with Crippen molar-refractivity contribution in [1.29, 1.82) is 0 Å². The van der Waals surface area contributed by atoms with E-state index >= 15 is 0 Å². The number of carbonyl (C=O) groups excluding carboxylic acids is 2. The summed E-state index contributed by atoms with van der Waals surface area (Å²) in [5, 5.41) is 3.42. The van der Waals surface area contributed by atoms with Gasteiger partial charge in [0.15, 0.2) is 0 Å². The third-order valence-electron chi connectivity index (χ3n) is 4.33. The average molecular weight is 388 g/mol. The standard InChI is InChI=1S/C18H26ClN3O2.ClH/c1-2-10-22(18(24)13-4-3-5-15(20)11-13)12-17(23)21-16-8-6-14(19)7-9-16;/h6-9,13,15H,2-5,10-12,20H2,1H3,(H,21,23);1H. The molecule has 2 atom stereocenters. The van der Waals surface area contributed by atoms with Gasteiger partial charge in [-0.3, -0.25) is 9.59 Å². The topological polar surface area (TPSA) is 75.4 Å². The predicted molar refractivity (Wildman–Crippen MR) is 104 cm³/mol. The van der Waals surface area contributed by atoms with Gasteiger partial charge in [0.1, 0.15) is 0 Å². The van der Waals surface area contributed by atoms with Crippen molar-refractivity contribution < 1.29 is 9.59 Å². The minimum absolute atomic E-state index is 0. The molecule has 1 aromatic rings. The zero-order valence-corrected chi connectivity index (χ0v) is 16.1. The van der Waals surface area contributed by atoms with Gasteiger partial charge >= 0.3 is 0 Å². The summed E-state index contributed by atoms with van der Waals surface area (Å²) in [6.45, 7) is 2.66. The molecule has 7 heteroatoms. The fourth-order valence-electron chi connectivity index (χ4n) is 3.15. The van der Waals surface area contributed by atoms with E-state index in [1.54, 1.807) is 29.2 Å². The van der Waals surface area contributed by atoms with Crippen LogP contribution in [0.25, 0.3) is 0 Å². The van der Waals surface area contributed by atoms with Crippen LogP contribution >= 0.6 is 24.0 Å². The Hall–Kier alpha value is -1.30. The highest BCUT2D eigenvalue weighted by Crippen LogP contribution is 2.25. The highest BCUT2D eigenvalue weighted by molar-refractivity contribution is 6.30. The summed E-state index contributed by atoms with van der Waals surface area (Å²) in [6, 6.07) is 7.02. The highest BCUT2D eigenvalue weighted by atomic mass is 35.5. The summed E-state index contributed by atoms with van der Waals surface area (Å²) in [4.78, 5) is 26.7. The molecule has 0 bridgehead atoms. The van der Waals surface area contributed by atoms with Gasteiger partial charge in [-0.05, 0) is 49.9 Å². The van der Waals surface area contributed by atoms with Crippen LogP contribution in [0.2, 0.25) is 5.02 Å². The molecule has 1 aliphatic rings. The first kappa shape index (κ1) is 21.7. The molecule has 0 heterocycles. The zero-order valence-electron chi connectivity index (χ0n) is 14.5. The van der Waals surface area contributed by atoms with E-state index < -0.39 is 0 Å². The second kappa shape index (κ2) is 10.6. The number of halogens is 2. The Morgan fingerprint density at radius 1 is 1.28 bits per heavy atom. The van der Waals surface area contributed by atoms with Crippen molar-refractivity contribution in [1.82, 2.24) is 4.90 Å². The van der Waals surface area contributed by atoms with Crippen molar-refractivity contribution in [2.24, 2.45) is 11.7 Å². The quantitative estimate of drug-likeness (QED) is 0.784. The minimum atomic E-state index is -0.195. The molecule has 140 valence electrons. The van der Waals surface area contributed by atoms with E-state index in [1.165, 1.54) is 0 Å². The van der Waals surface area contributed by atoms with E-state index in [0.717, 1.165) is 32.1 Å². The summed E-state index contributed by atoms with van der Waals surface area (Å²) in [7, 11) is 0. The third kappa shape index (κ3) is 6.84. The molecule has 1 fully saturated rings. The number of nitrogens with zero attached hydrogens (tertiary/aromatic N) is 1. The summed E-state index contributed by atoms with van der Waals surface area (Å²) in [5.74, 6) is -0.193. The molecular weight excluding hydrogens is 361 g/mol. The lowest BCUT2D eigenvalue weighted by molar-refractivity contribution is -0.139. The van der Waals surface area contributed by atoms with Crippen LogP contribution in [0.4, 0.5) is 5.69 Å². The molecule has 25 heavy (non-hydrogen) atoms. The van der Waals surface area contributed by atoms with Crippen LogP contribution in [0.5, 0.6) is 0 Å². The van der Waals surface area contributed by atoms with E-state index in [9.17, 15) is 9.59 Å². The lowest BCUT2D eigenvalue weighted by atomic mass is 9.85. The van der Waals surface area contributed by atoms with Gasteiger partial charge in [0.05, 0.1) is 6.54 Å². The molecule has 1 saturated carbocycles. The number of carbonyl (C=O) groups is 2. The molecule has 0 aliphatic heterocycles. The highest BCUT2D eigenvalue weighted by Gasteiger charge is 2.29. The van der Waals surface area contributed by atoms with Crippen LogP contribution in [0.3, 0.4) is 0 Å². The maximum Gasteiger partial charge on any atom is 0.243 e. The van der Waals surface area contributed by atoms with Gasteiger partial charge in [0, 0.05) is 29.2 Å². The van der Waals surface area contributed by atoms with Crippen molar-refractivity contribution in [2.75, 3.05) is 18.4 Å². The molecule has 5 nitrogen and oxygen atoms in total. The second-order valence-electron chi connectivity index (χ2n) is 6.44. The molecule has 3 N–H and O–H groups in total. The number of hydrogen-bond donors (Lipinski definition) is 2. The van der Waals surface area contributed by atoms with Crippen LogP contribution in [0, 0.1) is 5.92 Å². The normalized spacial score (nSPS) is 19.6. The molecule has 0 saturated heterocycles. The number of hydrogen-bond acceptors (Lipinski definition) is 3. The van der Waals surface area contributed by atoms with Crippen LogP contribution in [-0.4, -0.2) is 35.8 Å².